The van der Waals surface area contributed by atoms with Gasteiger partial charge >= 0.3 is 0 Å². The van der Waals surface area contributed by atoms with Gasteiger partial charge in [-0.15, -0.1) is 5.10 Å². The fourth-order valence-electron chi connectivity index (χ4n) is 3.42. The highest BCUT2D eigenvalue weighted by Gasteiger charge is 2.17. The van der Waals surface area contributed by atoms with Crippen molar-refractivity contribution in [1.29, 1.82) is 0 Å². The number of thiazole rings is 1. The highest BCUT2D eigenvalue weighted by molar-refractivity contribution is 7.15. The maximum atomic E-state index is 12.9. The lowest BCUT2D eigenvalue weighted by atomic mass is 10.1. The molecule has 34 heavy (non-hydrogen) atoms. The summed E-state index contributed by atoms with van der Waals surface area (Å²) in [6, 6.07) is 17.0. The second kappa shape index (κ2) is 8.91. The third-order valence-corrected chi connectivity index (χ3v) is 5.99. The van der Waals surface area contributed by atoms with Crippen molar-refractivity contribution in [2.45, 2.75) is 13.3 Å². The van der Waals surface area contributed by atoms with Crippen LogP contribution in [0.15, 0.2) is 69.9 Å². The van der Waals surface area contributed by atoms with Crippen LogP contribution in [-0.2, 0) is 0 Å². The van der Waals surface area contributed by atoms with Crippen LogP contribution >= 0.6 is 11.3 Å². The molecular formula is C24H18N4O5S. The number of nitro benzene ring substituents is 1. The summed E-state index contributed by atoms with van der Waals surface area (Å²) >= 11 is 1.19. The van der Waals surface area contributed by atoms with Gasteiger partial charge in [0.15, 0.2) is 5.82 Å². The van der Waals surface area contributed by atoms with Gasteiger partial charge in [0.05, 0.1) is 17.1 Å². The molecule has 0 saturated carbocycles. The van der Waals surface area contributed by atoms with E-state index in [4.69, 9.17) is 9.15 Å². The van der Waals surface area contributed by atoms with Gasteiger partial charge in [-0.05, 0) is 48.9 Å². The predicted molar refractivity (Wildman–Crippen MR) is 128 cm³/mol. The van der Waals surface area contributed by atoms with Gasteiger partial charge in [0.2, 0.25) is 4.96 Å². The maximum Gasteiger partial charge on any atom is 0.291 e. The Hall–Kier alpha value is -4.31. The standard InChI is InChI=1S/C24H18N4O5S/c1-2-13-32-16-9-7-15(8-10-16)22-25-24-27(26-22)23(29)21(34-24)14-17-11-12-20(33-17)18-5-3-4-6-19(18)28(30)31/h3-12,14H,2,13H2,1H3. The quantitative estimate of drug-likeness (QED) is 0.255. The molecule has 0 saturated heterocycles. The number of fused-ring (bicyclic) bond motifs is 1. The van der Waals surface area contributed by atoms with E-state index in [0.29, 0.717) is 39.0 Å². The van der Waals surface area contributed by atoms with Crippen molar-refractivity contribution in [1.82, 2.24) is 14.6 Å². The molecule has 10 heteroatoms. The molecule has 0 spiro atoms. The molecule has 3 aromatic heterocycles. The fraction of sp³-hybridized carbons (Fsp3) is 0.125. The summed E-state index contributed by atoms with van der Waals surface area (Å²) in [4.78, 5) is 28.6. The van der Waals surface area contributed by atoms with E-state index < -0.39 is 4.92 Å². The number of hydrogen-bond acceptors (Lipinski definition) is 8. The molecule has 0 atom stereocenters. The highest BCUT2D eigenvalue weighted by atomic mass is 32.1. The second-order valence-electron chi connectivity index (χ2n) is 7.39. The van der Waals surface area contributed by atoms with Gasteiger partial charge < -0.3 is 9.15 Å². The molecule has 0 aliphatic heterocycles. The van der Waals surface area contributed by atoms with Crippen molar-refractivity contribution < 1.29 is 14.1 Å². The maximum absolute atomic E-state index is 12.9. The molecule has 3 heterocycles. The van der Waals surface area contributed by atoms with Crippen LogP contribution in [0.2, 0.25) is 0 Å². The Labute approximate surface area is 196 Å². The first-order valence-electron chi connectivity index (χ1n) is 10.5. The number of aromatic nitrogens is 3. The van der Waals surface area contributed by atoms with E-state index in [1.807, 2.05) is 31.2 Å². The number of rotatable bonds is 7. The average Bonchev–Trinajstić information content (AvgIpc) is 3.55. The fourth-order valence-corrected chi connectivity index (χ4v) is 4.31. The Balaban J connectivity index is 1.44. The first-order valence-corrected chi connectivity index (χ1v) is 11.3. The van der Waals surface area contributed by atoms with Gasteiger partial charge in [-0.25, -0.2) is 0 Å². The van der Waals surface area contributed by atoms with Gasteiger partial charge in [-0.2, -0.15) is 9.50 Å². The van der Waals surface area contributed by atoms with Crippen LogP contribution in [0, 0.1) is 10.1 Å². The van der Waals surface area contributed by atoms with Crippen molar-refractivity contribution in [2.24, 2.45) is 0 Å². The SMILES string of the molecule is CCCOc1ccc(-c2nc3sc(=Cc4ccc(-c5ccccc5[N+](=O)[O-])o4)c(=O)n3n2)cc1. The van der Waals surface area contributed by atoms with Gasteiger partial charge in [0.1, 0.15) is 21.8 Å². The monoisotopic (exact) mass is 474 g/mol. The zero-order valence-electron chi connectivity index (χ0n) is 18.0. The van der Waals surface area contributed by atoms with Crippen molar-refractivity contribution in [3.63, 3.8) is 0 Å². The summed E-state index contributed by atoms with van der Waals surface area (Å²) in [6.45, 7) is 2.69. The van der Waals surface area contributed by atoms with Crippen LogP contribution in [0.1, 0.15) is 19.1 Å². The summed E-state index contributed by atoms with van der Waals surface area (Å²) < 4.78 is 13.0. The van der Waals surface area contributed by atoms with Gasteiger partial charge in [0.25, 0.3) is 11.2 Å². The first kappa shape index (κ1) is 21.5. The molecule has 0 unspecified atom stereocenters. The number of hydrogen-bond donors (Lipinski definition) is 0. The minimum absolute atomic E-state index is 0.0517. The Morgan fingerprint density at radius 3 is 2.68 bits per heavy atom. The molecular weight excluding hydrogens is 456 g/mol. The van der Waals surface area contributed by atoms with Crippen LogP contribution in [-0.4, -0.2) is 26.1 Å². The molecule has 2 aromatic carbocycles. The number of benzene rings is 2. The van der Waals surface area contributed by atoms with Crippen molar-refractivity contribution in [3.05, 3.63) is 91.4 Å². The summed E-state index contributed by atoms with van der Waals surface area (Å²) in [6.07, 6.45) is 2.51. The normalized spacial score (nSPS) is 11.9. The smallest absolute Gasteiger partial charge is 0.291 e. The number of furan rings is 1. The summed E-state index contributed by atoms with van der Waals surface area (Å²) in [5.41, 5.74) is 0.784. The van der Waals surface area contributed by atoms with Crippen molar-refractivity contribution in [3.8, 4) is 28.5 Å². The minimum atomic E-state index is -0.458. The average molecular weight is 474 g/mol. The number of ether oxygens (including phenoxy) is 1. The van der Waals surface area contributed by atoms with Crippen LogP contribution in [0.3, 0.4) is 0 Å². The molecule has 0 radical (unpaired) electrons. The predicted octanol–water partition coefficient (Wildman–Crippen LogP) is 4.32. The Morgan fingerprint density at radius 2 is 1.94 bits per heavy atom. The largest absolute Gasteiger partial charge is 0.494 e. The van der Waals surface area contributed by atoms with Gasteiger partial charge in [-0.1, -0.05) is 30.4 Å². The summed E-state index contributed by atoms with van der Waals surface area (Å²) in [7, 11) is 0. The second-order valence-corrected chi connectivity index (χ2v) is 8.40. The van der Waals surface area contributed by atoms with E-state index in [-0.39, 0.29) is 11.2 Å². The highest BCUT2D eigenvalue weighted by Crippen LogP contribution is 2.31. The van der Waals surface area contributed by atoms with E-state index in [2.05, 4.69) is 10.1 Å². The molecule has 0 amide bonds. The molecule has 0 aliphatic carbocycles. The molecule has 170 valence electrons. The minimum Gasteiger partial charge on any atom is -0.494 e. The third-order valence-electron chi connectivity index (χ3n) is 5.03. The lowest BCUT2D eigenvalue weighted by molar-refractivity contribution is -0.384. The third kappa shape index (κ3) is 4.06. The summed E-state index contributed by atoms with van der Waals surface area (Å²) in [5.74, 6) is 1.97. The first-order chi connectivity index (χ1) is 16.5. The zero-order chi connectivity index (χ0) is 23.7. The molecule has 0 fully saturated rings. The molecule has 0 N–H and O–H groups in total. The Bertz CT molecular complexity index is 1600. The number of nitro groups is 1. The molecule has 5 rings (SSSR count). The van der Waals surface area contributed by atoms with E-state index >= 15 is 0 Å². The van der Waals surface area contributed by atoms with E-state index in [9.17, 15) is 14.9 Å². The zero-order valence-corrected chi connectivity index (χ0v) is 18.8. The number of nitrogens with zero attached hydrogens (tertiary/aromatic N) is 4. The van der Waals surface area contributed by atoms with Crippen LogP contribution in [0.5, 0.6) is 5.75 Å². The molecule has 9 nitrogen and oxygen atoms in total. The van der Waals surface area contributed by atoms with Gasteiger partial charge in [0, 0.05) is 17.7 Å². The van der Waals surface area contributed by atoms with E-state index in [0.717, 1.165) is 17.7 Å². The Kier molecular flexibility index (Phi) is 5.64. The summed E-state index contributed by atoms with van der Waals surface area (Å²) in [5, 5.41) is 15.6. The lowest BCUT2D eigenvalue weighted by Crippen LogP contribution is -2.23. The van der Waals surface area contributed by atoms with Crippen molar-refractivity contribution >= 4 is 28.1 Å². The number of para-hydroxylation sites is 1. The van der Waals surface area contributed by atoms with E-state index in [1.54, 1.807) is 36.4 Å². The van der Waals surface area contributed by atoms with Crippen LogP contribution in [0.4, 0.5) is 5.69 Å². The van der Waals surface area contributed by atoms with Crippen molar-refractivity contribution in [2.75, 3.05) is 6.61 Å². The topological polar surface area (TPSA) is 113 Å². The van der Waals surface area contributed by atoms with Crippen LogP contribution in [0.25, 0.3) is 33.7 Å². The molecule has 0 aliphatic rings. The molecule has 0 bridgehead atoms. The van der Waals surface area contributed by atoms with Gasteiger partial charge in [-0.3, -0.25) is 14.9 Å². The van der Waals surface area contributed by atoms with E-state index in [1.165, 1.54) is 21.9 Å². The Morgan fingerprint density at radius 1 is 1.15 bits per heavy atom. The van der Waals surface area contributed by atoms with Crippen LogP contribution < -0.4 is 14.8 Å². The lowest BCUT2D eigenvalue weighted by Gasteiger charge is -2.04. The molecule has 5 aromatic rings.